The van der Waals surface area contributed by atoms with Gasteiger partial charge in [0.2, 0.25) is 0 Å². The first-order valence-electron chi connectivity index (χ1n) is 4.98. The van der Waals surface area contributed by atoms with Gasteiger partial charge >= 0.3 is 12.1 Å². The minimum absolute atomic E-state index is 0.168. The van der Waals surface area contributed by atoms with Crippen molar-refractivity contribution < 1.29 is 24.2 Å². The summed E-state index contributed by atoms with van der Waals surface area (Å²) < 4.78 is 4.74. The molecule has 92 valence electrons. The molecule has 0 aromatic rings. The van der Waals surface area contributed by atoms with Crippen LogP contribution >= 0.6 is 0 Å². The second-order valence-corrected chi connectivity index (χ2v) is 3.93. The summed E-state index contributed by atoms with van der Waals surface area (Å²) in [7, 11) is 0. The van der Waals surface area contributed by atoms with Crippen LogP contribution in [0.2, 0.25) is 0 Å². The molecule has 0 heterocycles. The van der Waals surface area contributed by atoms with Crippen molar-refractivity contribution in [1.29, 1.82) is 0 Å². The Balaban J connectivity index is 4.13. The van der Waals surface area contributed by atoms with Gasteiger partial charge in [-0.3, -0.25) is 4.79 Å². The Labute approximate surface area is 94.0 Å². The highest BCUT2D eigenvalue weighted by Gasteiger charge is 2.22. The number of carboxylic acids is 1. The predicted octanol–water partition coefficient (Wildman–Crippen LogP) is 0.801. The summed E-state index contributed by atoms with van der Waals surface area (Å²) in [4.78, 5) is 32.6. The van der Waals surface area contributed by atoms with Gasteiger partial charge in [-0.2, -0.15) is 0 Å². The SMILES string of the molecule is CC(=O)CC(NC(=O)OCC(C)C)C(=O)O. The number of carboxylic acid groups (broad SMARTS) is 1. The zero-order valence-corrected chi connectivity index (χ0v) is 9.65. The molecule has 0 aliphatic rings. The Hall–Kier alpha value is -1.59. The summed E-state index contributed by atoms with van der Waals surface area (Å²) in [6, 6.07) is -1.22. The summed E-state index contributed by atoms with van der Waals surface area (Å²) in [5.74, 6) is -1.39. The first-order chi connectivity index (χ1) is 7.32. The number of carbonyl (C=O) groups is 3. The number of carbonyl (C=O) groups excluding carboxylic acids is 2. The third-order valence-corrected chi connectivity index (χ3v) is 1.63. The van der Waals surface area contributed by atoms with Crippen molar-refractivity contribution in [2.75, 3.05) is 6.61 Å². The number of rotatable bonds is 6. The minimum Gasteiger partial charge on any atom is -0.480 e. The molecule has 0 aliphatic heterocycles. The summed E-state index contributed by atoms with van der Waals surface area (Å²) in [6.07, 6.45) is -1.06. The molecule has 2 N–H and O–H groups in total. The summed E-state index contributed by atoms with van der Waals surface area (Å²) in [6.45, 7) is 5.18. The molecule has 6 heteroatoms. The normalized spacial score (nSPS) is 12.0. The highest BCUT2D eigenvalue weighted by molar-refractivity contribution is 5.86. The standard InChI is InChI=1S/C10H17NO5/c1-6(2)5-16-10(15)11-8(9(13)14)4-7(3)12/h6,8H,4-5H2,1-3H3,(H,11,15)(H,13,14). The lowest BCUT2D eigenvalue weighted by Gasteiger charge is -2.13. The van der Waals surface area contributed by atoms with E-state index in [0.29, 0.717) is 0 Å². The van der Waals surface area contributed by atoms with Crippen molar-refractivity contribution in [3.8, 4) is 0 Å². The molecule has 0 saturated heterocycles. The zero-order valence-electron chi connectivity index (χ0n) is 9.65. The van der Waals surface area contributed by atoms with Gasteiger partial charge in [0.15, 0.2) is 0 Å². The van der Waals surface area contributed by atoms with Crippen LogP contribution in [0.3, 0.4) is 0 Å². The third kappa shape index (κ3) is 6.80. The van der Waals surface area contributed by atoms with Crippen molar-refractivity contribution in [3.63, 3.8) is 0 Å². The highest BCUT2D eigenvalue weighted by atomic mass is 16.5. The van der Waals surface area contributed by atoms with E-state index in [9.17, 15) is 14.4 Å². The van der Waals surface area contributed by atoms with Gasteiger partial charge in [-0.05, 0) is 12.8 Å². The van der Waals surface area contributed by atoms with Gasteiger partial charge in [0.25, 0.3) is 0 Å². The molecule has 1 amide bonds. The maximum Gasteiger partial charge on any atom is 0.407 e. The average molecular weight is 231 g/mol. The highest BCUT2D eigenvalue weighted by Crippen LogP contribution is 1.97. The molecule has 16 heavy (non-hydrogen) atoms. The van der Waals surface area contributed by atoms with Gasteiger partial charge in [0, 0.05) is 6.42 Å². The Bertz CT molecular complexity index is 274. The monoisotopic (exact) mass is 231 g/mol. The fourth-order valence-electron chi connectivity index (χ4n) is 0.914. The molecule has 0 fully saturated rings. The largest absolute Gasteiger partial charge is 0.480 e. The average Bonchev–Trinajstić information content (AvgIpc) is 2.12. The smallest absolute Gasteiger partial charge is 0.407 e. The number of Topliss-reactive ketones (excluding diaryl/α,β-unsaturated/α-hetero) is 1. The maximum atomic E-state index is 11.1. The zero-order chi connectivity index (χ0) is 12.7. The fraction of sp³-hybridized carbons (Fsp3) is 0.700. The lowest BCUT2D eigenvalue weighted by Crippen LogP contribution is -2.42. The van der Waals surface area contributed by atoms with Crippen molar-refractivity contribution >= 4 is 17.8 Å². The van der Waals surface area contributed by atoms with Gasteiger partial charge < -0.3 is 15.2 Å². The van der Waals surface area contributed by atoms with E-state index in [4.69, 9.17) is 9.84 Å². The number of amides is 1. The molecule has 0 saturated carbocycles. The van der Waals surface area contributed by atoms with Crippen molar-refractivity contribution in [2.45, 2.75) is 33.2 Å². The summed E-state index contributed by atoms with van der Waals surface area (Å²) >= 11 is 0. The Morgan fingerprint density at radius 3 is 2.25 bits per heavy atom. The summed E-state index contributed by atoms with van der Waals surface area (Å²) in [5, 5.41) is 10.8. The van der Waals surface area contributed by atoms with Crippen LogP contribution in [0.5, 0.6) is 0 Å². The molecular formula is C10H17NO5. The van der Waals surface area contributed by atoms with Crippen LogP contribution in [0.25, 0.3) is 0 Å². The van der Waals surface area contributed by atoms with Crippen LogP contribution in [0, 0.1) is 5.92 Å². The molecule has 0 radical (unpaired) electrons. The first-order valence-corrected chi connectivity index (χ1v) is 4.98. The maximum absolute atomic E-state index is 11.1. The van der Waals surface area contributed by atoms with Crippen LogP contribution in [0.1, 0.15) is 27.2 Å². The molecule has 1 atom stereocenters. The molecule has 1 unspecified atom stereocenters. The number of nitrogens with one attached hydrogen (secondary N) is 1. The Morgan fingerprint density at radius 2 is 1.88 bits per heavy atom. The van der Waals surface area contributed by atoms with E-state index in [1.807, 2.05) is 13.8 Å². The molecule has 0 aliphatic carbocycles. The number of alkyl carbamates (subject to hydrolysis) is 1. The van der Waals surface area contributed by atoms with E-state index in [1.54, 1.807) is 0 Å². The third-order valence-electron chi connectivity index (χ3n) is 1.63. The predicted molar refractivity (Wildman–Crippen MR) is 56.0 cm³/mol. The second-order valence-electron chi connectivity index (χ2n) is 3.93. The molecule has 0 aromatic heterocycles. The quantitative estimate of drug-likeness (QED) is 0.705. The van der Waals surface area contributed by atoms with Crippen molar-refractivity contribution in [2.24, 2.45) is 5.92 Å². The van der Waals surface area contributed by atoms with Gasteiger partial charge in [0.1, 0.15) is 11.8 Å². The van der Waals surface area contributed by atoms with E-state index in [-0.39, 0.29) is 24.7 Å². The van der Waals surface area contributed by atoms with Crippen LogP contribution in [0.4, 0.5) is 4.79 Å². The van der Waals surface area contributed by atoms with Crippen LogP contribution in [0.15, 0.2) is 0 Å². The molecule has 0 spiro atoms. The summed E-state index contributed by atoms with van der Waals surface area (Å²) in [5.41, 5.74) is 0. The van der Waals surface area contributed by atoms with E-state index in [0.717, 1.165) is 0 Å². The van der Waals surface area contributed by atoms with Crippen molar-refractivity contribution in [1.82, 2.24) is 5.32 Å². The van der Waals surface area contributed by atoms with Gasteiger partial charge in [-0.15, -0.1) is 0 Å². The number of ketones is 1. The second kappa shape index (κ2) is 6.81. The van der Waals surface area contributed by atoms with Gasteiger partial charge in [-0.25, -0.2) is 9.59 Å². The molecule has 6 nitrogen and oxygen atoms in total. The molecular weight excluding hydrogens is 214 g/mol. The fourth-order valence-corrected chi connectivity index (χ4v) is 0.914. The van der Waals surface area contributed by atoms with E-state index >= 15 is 0 Å². The Morgan fingerprint density at radius 1 is 1.31 bits per heavy atom. The molecule has 0 bridgehead atoms. The van der Waals surface area contributed by atoms with Crippen LogP contribution < -0.4 is 5.32 Å². The van der Waals surface area contributed by atoms with Crippen LogP contribution in [-0.2, 0) is 14.3 Å². The van der Waals surface area contributed by atoms with E-state index in [2.05, 4.69) is 5.32 Å². The van der Waals surface area contributed by atoms with Gasteiger partial charge in [0.05, 0.1) is 6.61 Å². The first kappa shape index (κ1) is 14.4. The Kier molecular flexibility index (Phi) is 6.14. The number of hydrogen-bond acceptors (Lipinski definition) is 4. The number of ether oxygens (including phenoxy) is 1. The van der Waals surface area contributed by atoms with Crippen LogP contribution in [-0.4, -0.2) is 35.6 Å². The van der Waals surface area contributed by atoms with E-state index < -0.39 is 18.1 Å². The number of hydrogen-bond donors (Lipinski definition) is 2. The van der Waals surface area contributed by atoms with Crippen molar-refractivity contribution in [3.05, 3.63) is 0 Å². The van der Waals surface area contributed by atoms with Gasteiger partial charge in [-0.1, -0.05) is 13.8 Å². The molecule has 0 rings (SSSR count). The molecule has 0 aromatic carbocycles. The lowest BCUT2D eigenvalue weighted by atomic mass is 10.1. The van der Waals surface area contributed by atoms with E-state index in [1.165, 1.54) is 6.92 Å². The lowest BCUT2D eigenvalue weighted by molar-refractivity contribution is -0.141. The topological polar surface area (TPSA) is 92.7 Å². The minimum atomic E-state index is -1.25. The number of aliphatic carboxylic acids is 1.